The average Bonchev–Trinajstić information content (AvgIpc) is 2.96. The van der Waals surface area contributed by atoms with Gasteiger partial charge in [0, 0.05) is 18.3 Å². The summed E-state index contributed by atoms with van der Waals surface area (Å²) in [5.74, 6) is -1.10. The maximum atomic E-state index is 13.2. The molecule has 1 saturated heterocycles. The van der Waals surface area contributed by atoms with Crippen LogP contribution in [0.5, 0.6) is 0 Å². The van der Waals surface area contributed by atoms with Crippen molar-refractivity contribution >= 4 is 11.6 Å². The fraction of sp³-hybridized carbons (Fsp3) is 0.316. The lowest BCUT2D eigenvalue weighted by Crippen LogP contribution is -2.25. The summed E-state index contributed by atoms with van der Waals surface area (Å²) in [6, 6.07) is 10.5. The van der Waals surface area contributed by atoms with Gasteiger partial charge in [0.1, 0.15) is 5.82 Å². The van der Waals surface area contributed by atoms with Crippen LogP contribution in [0.3, 0.4) is 0 Å². The van der Waals surface area contributed by atoms with Crippen molar-refractivity contribution in [3.63, 3.8) is 0 Å². The van der Waals surface area contributed by atoms with Gasteiger partial charge in [0.25, 0.3) is 0 Å². The van der Waals surface area contributed by atoms with Gasteiger partial charge in [0.05, 0.1) is 11.5 Å². The average molecular weight is 366 g/mol. The minimum atomic E-state index is -4.40. The third kappa shape index (κ3) is 4.04. The van der Waals surface area contributed by atoms with Gasteiger partial charge in [0.2, 0.25) is 5.91 Å². The first kappa shape index (κ1) is 18.4. The van der Waals surface area contributed by atoms with E-state index >= 15 is 0 Å². The predicted molar refractivity (Wildman–Crippen MR) is 90.0 cm³/mol. The topological polar surface area (TPSA) is 32.3 Å². The van der Waals surface area contributed by atoms with E-state index in [1.807, 2.05) is 4.90 Å². The van der Waals surface area contributed by atoms with E-state index in [0.717, 1.165) is 12.1 Å². The van der Waals surface area contributed by atoms with E-state index in [1.54, 1.807) is 19.2 Å². The normalized spacial score (nSPS) is 21.0. The third-order valence-corrected chi connectivity index (χ3v) is 4.61. The molecule has 0 aromatic heterocycles. The molecule has 2 aromatic rings. The first-order valence-corrected chi connectivity index (χ1v) is 8.18. The molecule has 3 rings (SSSR count). The number of hydrogen-bond donors (Lipinski definition) is 1. The first-order chi connectivity index (χ1) is 12.2. The zero-order chi connectivity index (χ0) is 18.9. The van der Waals surface area contributed by atoms with Crippen LogP contribution in [0.1, 0.15) is 23.6 Å². The van der Waals surface area contributed by atoms with Gasteiger partial charge in [-0.3, -0.25) is 9.69 Å². The number of anilines is 1. The lowest BCUT2D eigenvalue weighted by molar-refractivity contribution is -0.137. The smallest absolute Gasteiger partial charge is 0.326 e. The molecular formula is C19H18F4N2O. The van der Waals surface area contributed by atoms with Crippen LogP contribution in [0, 0.1) is 11.7 Å². The van der Waals surface area contributed by atoms with Gasteiger partial charge in [-0.25, -0.2) is 4.39 Å². The van der Waals surface area contributed by atoms with Gasteiger partial charge >= 0.3 is 6.18 Å². The van der Waals surface area contributed by atoms with Crippen LogP contribution < -0.4 is 5.32 Å². The number of benzene rings is 2. The number of carbonyl (C=O) groups excluding carboxylic acids is 1. The Morgan fingerprint density at radius 1 is 1.15 bits per heavy atom. The Kier molecular flexibility index (Phi) is 5.00. The Morgan fingerprint density at radius 3 is 2.58 bits per heavy atom. The van der Waals surface area contributed by atoms with Crippen molar-refractivity contribution in [2.75, 3.05) is 18.9 Å². The molecule has 0 spiro atoms. The summed E-state index contributed by atoms with van der Waals surface area (Å²) in [5, 5.41) is 2.67. The summed E-state index contributed by atoms with van der Waals surface area (Å²) in [5.41, 5.74) is 0.194. The van der Waals surface area contributed by atoms with Gasteiger partial charge in [-0.15, -0.1) is 0 Å². The number of halogens is 4. The maximum absolute atomic E-state index is 13.2. The molecule has 1 fully saturated rings. The minimum absolute atomic E-state index is 0.267. The molecule has 1 aliphatic heterocycles. The fourth-order valence-electron chi connectivity index (χ4n) is 3.31. The Morgan fingerprint density at radius 2 is 1.88 bits per heavy atom. The van der Waals surface area contributed by atoms with Gasteiger partial charge in [-0.05, 0) is 49.4 Å². The van der Waals surface area contributed by atoms with Crippen molar-refractivity contribution in [3.8, 4) is 0 Å². The number of hydrogen-bond acceptors (Lipinski definition) is 2. The summed E-state index contributed by atoms with van der Waals surface area (Å²) in [6.45, 7) is 0.419. The second-order valence-electron chi connectivity index (χ2n) is 6.51. The molecule has 1 heterocycles. The lowest BCUT2D eigenvalue weighted by atomic mass is 9.97. The molecule has 0 unspecified atom stereocenters. The second-order valence-corrected chi connectivity index (χ2v) is 6.51. The van der Waals surface area contributed by atoms with Gasteiger partial charge in [-0.1, -0.05) is 18.2 Å². The highest BCUT2D eigenvalue weighted by molar-refractivity contribution is 5.92. The Balaban J connectivity index is 1.72. The third-order valence-electron chi connectivity index (χ3n) is 4.61. The highest BCUT2D eigenvalue weighted by Crippen LogP contribution is 2.37. The predicted octanol–water partition coefficient (Wildman–Crippen LogP) is 4.48. The highest BCUT2D eigenvalue weighted by Gasteiger charge is 2.36. The van der Waals surface area contributed by atoms with Gasteiger partial charge in [-0.2, -0.15) is 13.2 Å². The molecule has 138 valence electrons. The number of alkyl halides is 3. The molecule has 2 atom stereocenters. The molecule has 0 radical (unpaired) electrons. The summed E-state index contributed by atoms with van der Waals surface area (Å²) < 4.78 is 52.0. The first-order valence-electron chi connectivity index (χ1n) is 8.18. The molecule has 0 aliphatic carbocycles. The van der Waals surface area contributed by atoms with E-state index in [2.05, 4.69) is 5.32 Å². The van der Waals surface area contributed by atoms with Gasteiger partial charge in [0.15, 0.2) is 0 Å². The molecule has 0 bridgehead atoms. The molecule has 7 heteroatoms. The number of nitrogens with one attached hydrogen (secondary N) is 1. The maximum Gasteiger partial charge on any atom is 0.416 e. The zero-order valence-electron chi connectivity index (χ0n) is 14.1. The van der Waals surface area contributed by atoms with Crippen molar-refractivity contribution in [2.24, 2.45) is 5.92 Å². The Hall–Kier alpha value is -2.41. The van der Waals surface area contributed by atoms with Crippen LogP contribution in [0.15, 0.2) is 48.5 Å². The monoisotopic (exact) mass is 366 g/mol. The van der Waals surface area contributed by atoms with E-state index in [0.29, 0.717) is 24.2 Å². The molecule has 26 heavy (non-hydrogen) atoms. The number of carbonyl (C=O) groups is 1. The number of rotatable bonds is 3. The summed E-state index contributed by atoms with van der Waals surface area (Å²) in [7, 11) is 1.78. The summed E-state index contributed by atoms with van der Waals surface area (Å²) in [4.78, 5) is 14.3. The van der Waals surface area contributed by atoms with E-state index in [9.17, 15) is 22.4 Å². The zero-order valence-corrected chi connectivity index (χ0v) is 14.1. The molecule has 3 nitrogen and oxygen atoms in total. The van der Waals surface area contributed by atoms with Crippen LogP contribution >= 0.6 is 0 Å². The van der Waals surface area contributed by atoms with Crippen molar-refractivity contribution in [1.29, 1.82) is 0 Å². The van der Waals surface area contributed by atoms with E-state index in [4.69, 9.17) is 0 Å². The standard InChI is InChI=1S/C19H18F4N2O/c1-25-11-13(18(26)24-16-7-3-6-15(20)10-16)9-17(25)12-4-2-5-14(8-12)19(21,22)23/h2-8,10,13,17H,9,11H2,1H3,(H,24,26)/t13-,17+/m1/s1. The molecule has 0 saturated carbocycles. The summed E-state index contributed by atoms with van der Waals surface area (Å²) >= 11 is 0. The largest absolute Gasteiger partial charge is 0.416 e. The van der Waals surface area contributed by atoms with E-state index < -0.39 is 17.6 Å². The Labute approximate surface area is 148 Å². The van der Waals surface area contributed by atoms with Gasteiger partial charge < -0.3 is 5.32 Å². The molecule has 1 aliphatic rings. The molecular weight excluding hydrogens is 348 g/mol. The van der Waals surface area contributed by atoms with Crippen LogP contribution in [-0.4, -0.2) is 24.4 Å². The van der Waals surface area contributed by atoms with Crippen LogP contribution in [0.25, 0.3) is 0 Å². The fourth-order valence-corrected chi connectivity index (χ4v) is 3.31. The van der Waals surface area contributed by atoms with E-state index in [1.165, 1.54) is 24.3 Å². The number of nitrogens with zero attached hydrogens (tertiary/aromatic N) is 1. The second kappa shape index (κ2) is 7.07. The Bertz CT molecular complexity index is 806. The number of amides is 1. The minimum Gasteiger partial charge on any atom is -0.326 e. The highest BCUT2D eigenvalue weighted by atomic mass is 19.4. The van der Waals surface area contributed by atoms with Crippen molar-refractivity contribution in [2.45, 2.75) is 18.6 Å². The molecule has 1 N–H and O–H groups in total. The van der Waals surface area contributed by atoms with Crippen LogP contribution in [0.2, 0.25) is 0 Å². The number of likely N-dealkylation sites (tertiary alicyclic amines) is 1. The lowest BCUT2D eigenvalue weighted by Gasteiger charge is -2.20. The molecule has 1 amide bonds. The van der Waals surface area contributed by atoms with Crippen LogP contribution in [0.4, 0.5) is 23.2 Å². The summed E-state index contributed by atoms with van der Waals surface area (Å²) in [6.07, 6.45) is -4.00. The molecule has 2 aromatic carbocycles. The van der Waals surface area contributed by atoms with Crippen molar-refractivity contribution < 1.29 is 22.4 Å². The SMILES string of the molecule is CN1C[C@H](C(=O)Nc2cccc(F)c2)C[C@H]1c1cccc(C(F)(F)F)c1. The van der Waals surface area contributed by atoms with Crippen LogP contribution in [-0.2, 0) is 11.0 Å². The quantitative estimate of drug-likeness (QED) is 0.813. The van der Waals surface area contributed by atoms with Crippen molar-refractivity contribution in [3.05, 3.63) is 65.5 Å². The van der Waals surface area contributed by atoms with Crippen molar-refractivity contribution in [1.82, 2.24) is 4.90 Å². The van der Waals surface area contributed by atoms with E-state index in [-0.39, 0.29) is 17.9 Å².